The van der Waals surface area contributed by atoms with Crippen LogP contribution in [0.5, 0.6) is 5.75 Å². The number of anilines is 2. The van der Waals surface area contributed by atoms with Gasteiger partial charge in [-0.3, -0.25) is 4.79 Å². The molecular formula is C29H32FN5O5S2. The van der Waals surface area contributed by atoms with E-state index in [0.29, 0.717) is 59.4 Å². The number of nitrogens with zero attached hydrogens (tertiary/aromatic N) is 5. The van der Waals surface area contributed by atoms with Gasteiger partial charge in [-0.05, 0) is 55.7 Å². The molecule has 1 atom stereocenters. The van der Waals surface area contributed by atoms with Gasteiger partial charge >= 0.3 is 0 Å². The Bertz CT molecular complexity index is 1690. The molecular weight excluding hydrogens is 581 g/mol. The van der Waals surface area contributed by atoms with Crippen LogP contribution in [0.25, 0.3) is 0 Å². The number of likely N-dealkylation sites (tertiary alicyclic amines) is 1. The number of benzene rings is 2. The van der Waals surface area contributed by atoms with Crippen LogP contribution in [-0.2, 0) is 16.6 Å². The third kappa shape index (κ3) is 5.71. The number of carbonyl (C=O) groups is 1. The SMILES string of the molecule is COc1ccc(CN(c2cscn2)S(=O)(=O)c2cc(C)c(N(C)C3CCN(C(=O)c4nc(C)oc4C)C3)cc2F)cc1. The molecule has 3 heterocycles. The van der Waals surface area contributed by atoms with Crippen molar-refractivity contribution in [3.8, 4) is 5.75 Å². The molecule has 222 valence electrons. The van der Waals surface area contributed by atoms with Gasteiger partial charge in [0, 0.05) is 44.2 Å². The summed E-state index contributed by atoms with van der Waals surface area (Å²) >= 11 is 1.25. The fourth-order valence-corrected chi connectivity index (χ4v) is 7.31. The summed E-state index contributed by atoms with van der Waals surface area (Å²) in [7, 11) is -0.945. The number of halogens is 1. The number of aromatic nitrogens is 2. The number of rotatable bonds is 9. The van der Waals surface area contributed by atoms with Gasteiger partial charge in [0.15, 0.2) is 17.4 Å². The second-order valence-electron chi connectivity index (χ2n) is 10.2. The van der Waals surface area contributed by atoms with Crippen LogP contribution < -0.4 is 13.9 Å². The second kappa shape index (κ2) is 11.7. The van der Waals surface area contributed by atoms with Crippen molar-refractivity contribution in [3.05, 3.63) is 81.6 Å². The van der Waals surface area contributed by atoms with Crippen LogP contribution in [0.15, 0.2) is 56.6 Å². The Kier molecular flexibility index (Phi) is 8.24. The molecule has 1 unspecified atom stereocenters. The van der Waals surface area contributed by atoms with Crippen LogP contribution in [0, 0.1) is 26.6 Å². The Morgan fingerprint density at radius 2 is 1.95 bits per heavy atom. The van der Waals surface area contributed by atoms with Crippen LogP contribution in [0.4, 0.5) is 15.9 Å². The van der Waals surface area contributed by atoms with Crippen molar-refractivity contribution in [3.63, 3.8) is 0 Å². The van der Waals surface area contributed by atoms with Gasteiger partial charge < -0.3 is 19.0 Å². The predicted molar refractivity (Wildman–Crippen MR) is 158 cm³/mol. The summed E-state index contributed by atoms with van der Waals surface area (Å²) in [6.07, 6.45) is 0.665. The van der Waals surface area contributed by atoms with Gasteiger partial charge in [0.05, 0.1) is 19.2 Å². The van der Waals surface area contributed by atoms with E-state index in [9.17, 15) is 13.2 Å². The molecule has 1 amide bonds. The summed E-state index contributed by atoms with van der Waals surface area (Å²) in [5.41, 5.74) is 3.67. The maximum absolute atomic E-state index is 15.7. The van der Waals surface area contributed by atoms with Gasteiger partial charge in [0.25, 0.3) is 15.9 Å². The molecule has 13 heteroatoms. The highest BCUT2D eigenvalue weighted by molar-refractivity contribution is 7.92. The van der Waals surface area contributed by atoms with E-state index < -0.39 is 20.7 Å². The minimum atomic E-state index is -4.32. The molecule has 1 fully saturated rings. The third-order valence-corrected chi connectivity index (χ3v) is 9.80. The summed E-state index contributed by atoms with van der Waals surface area (Å²) < 4.78 is 55.3. The van der Waals surface area contributed by atoms with Gasteiger partial charge in [0.1, 0.15) is 22.2 Å². The predicted octanol–water partition coefficient (Wildman–Crippen LogP) is 4.95. The van der Waals surface area contributed by atoms with Crippen molar-refractivity contribution < 1.29 is 26.8 Å². The Morgan fingerprint density at radius 3 is 2.57 bits per heavy atom. The molecule has 2 aromatic carbocycles. The highest BCUT2D eigenvalue weighted by Crippen LogP contribution is 2.33. The van der Waals surface area contributed by atoms with Crippen molar-refractivity contribution in [1.82, 2.24) is 14.9 Å². The lowest BCUT2D eigenvalue weighted by molar-refractivity contribution is 0.0784. The molecule has 42 heavy (non-hydrogen) atoms. The van der Waals surface area contributed by atoms with E-state index in [4.69, 9.17) is 9.15 Å². The van der Waals surface area contributed by atoms with Crippen molar-refractivity contribution >= 4 is 38.8 Å². The monoisotopic (exact) mass is 613 g/mol. The Morgan fingerprint density at radius 1 is 1.21 bits per heavy atom. The number of methoxy groups -OCH3 is 1. The maximum atomic E-state index is 15.7. The second-order valence-corrected chi connectivity index (χ2v) is 12.8. The number of thiazole rings is 1. The number of oxazole rings is 1. The van der Waals surface area contributed by atoms with Crippen LogP contribution in [-0.4, -0.2) is 62.5 Å². The van der Waals surface area contributed by atoms with Crippen LogP contribution in [0.3, 0.4) is 0 Å². The standard InChI is InChI=1S/C29H32FN5O5S2/c1-18-12-26(42(37,38)35(27-16-41-17-31-27)14-21-6-8-23(39-5)9-7-21)24(30)13-25(18)33(4)22-10-11-34(15-22)29(36)28-19(2)40-20(3)32-28/h6-9,12-13,16-17,22H,10-11,14-15H2,1-5H3. The molecule has 0 aliphatic carbocycles. The molecule has 10 nitrogen and oxygen atoms in total. The van der Waals surface area contributed by atoms with Crippen molar-refractivity contribution in [2.45, 2.75) is 44.7 Å². The summed E-state index contributed by atoms with van der Waals surface area (Å²) in [4.78, 5) is 24.6. The highest BCUT2D eigenvalue weighted by Gasteiger charge is 2.34. The van der Waals surface area contributed by atoms with E-state index in [2.05, 4.69) is 9.97 Å². The van der Waals surface area contributed by atoms with E-state index in [1.165, 1.54) is 29.0 Å². The summed E-state index contributed by atoms with van der Waals surface area (Å²) in [5, 5.41) is 1.61. The van der Waals surface area contributed by atoms with Gasteiger partial charge in [-0.25, -0.2) is 27.1 Å². The van der Waals surface area contributed by atoms with E-state index in [0.717, 1.165) is 4.31 Å². The molecule has 0 saturated carbocycles. The fourth-order valence-electron chi connectivity index (χ4n) is 5.17. The number of sulfonamides is 1. The number of hydrogen-bond acceptors (Lipinski definition) is 9. The topological polar surface area (TPSA) is 109 Å². The average Bonchev–Trinajstić information content (AvgIpc) is 3.74. The first kappa shape index (κ1) is 29.5. The summed E-state index contributed by atoms with van der Waals surface area (Å²) in [6.45, 7) is 6.05. The Labute approximate surface area is 248 Å². The highest BCUT2D eigenvalue weighted by atomic mass is 32.2. The smallest absolute Gasteiger partial charge is 0.276 e. The quantitative estimate of drug-likeness (QED) is 0.261. The number of carbonyl (C=O) groups excluding carboxylic acids is 1. The van der Waals surface area contributed by atoms with Gasteiger partial charge in [-0.2, -0.15) is 0 Å². The van der Waals surface area contributed by atoms with Crippen molar-refractivity contribution in [2.75, 3.05) is 36.5 Å². The molecule has 0 spiro atoms. The lowest BCUT2D eigenvalue weighted by Gasteiger charge is -2.29. The van der Waals surface area contributed by atoms with Gasteiger partial charge in [0.2, 0.25) is 0 Å². The largest absolute Gasteiger partial charge is 0.497 e. The lowest BCUT2D eigenvalue weighted by Crippen LogP contribution is -2.37. The number of aryl methyl sites for hydroxylation is 3. The maximum Gasteiger partial charge on any atom is 0.276 e. The first-order chi connectivity index (χ1) is 20.0. The minimum Gasteiger partial charge on any atom is -0.497 e. The first-order valence-electron chi connectivity index (χ1n) is 13.3. The number of hydrogen-bond donors (Lipinski definition) is 0. The number of likely N-dealkylation sites (N-methyl/N-ethyl adjacent to an activating group) is 1. The normalized spacial score (nSPS) is 15.2. The molecule has 1 saturated heterocycles. The lowest BCUT2D eigenvalue weighted by atomic mass is 10.1. The zero-order valence-corrected chi connectivity index (χ0v) is 25.6. The van der Waals surface area contributed by atoms with Crippen molar-refractivity contribution in [2.24, 2.45) is 0 Å². The van der Waals surface area contributed by atoms with Crippen molar-refractivity contribution in [1.29, 1.82) is 0 Å². The van der Waals surface area contributed by atoms with E-state index in [-0.39, 0.29) is 24.3 Å². The molecule has 0 bridgehead atoms. The third-order valence-electron chi connectivity index (χ3n) is 7.46. The van der Waals surface area contributed by atoms with Gasteiger partial charge in [-0.1, -0.05) is 12.1 Å². The molecule has 0 N–H and O–H groups in total. The fraction of sp³-hybridized carbons (Fsp3) is 0.345. The molecule has 0 radical (unpaired) electrons. The molecule has 1 aliphatic heterocycles. The molecule has 2 aromatic heterocycles. The Balaban J connectivity index is 1.39. The van der Waals surface area contributed by atoms with Crippen LogP contribution >= 0.6 is 11.3 Å². The van der Waals surface area contributed by atoms with Gasteiger partial charge in [-0.15, -0.1) is 11.3 Å². The zero-order chi connectivity index (χ0) is 30.2. The number of amides is 1. The summed E-state index contributed by atoms with van der Waals surface area (Å²) in [6, 6.07) is 9.52. The minimum absolute atomic E-state index is 0.0351. The average molecular weight is 614 g/mol. The van der Waals surface area contributed by atoms with Crippen LogP contribution in [0.2, 0.25) is 0 Å². The first-order valence-corrected chi connectivity index (χ1v) is 15.7. The number of ether oxygens (including phenoxy) is 1. The molecule has 4 aromatic rings. The van der Waals surface area contributed by atoms with Crippen LogP contribution in [0.1, 0.15) is 39.7 Å². The van der Waals surface area contributed by atoms with E-state index >= 15 is 4.39 Å². The van der Waals surface area contributed by atoms with E-state index in [1.807, 2.05) is 11.9 Å². The zero-order valence-electron chi connectivity index (χ0n) is 24.0. The Hall–Kier alpha value is -3.97. The summed E-state index contributed by atoms with van der Waals surface area (Å²) in [5.74, 6) is 0.689. The molecule has 5 rings (SSSR count). The molecule has 1 aliphatic rings. The van der Waals surface area contributed by atoms with E-state index in [1.54, 1.807) is 62.4 Å².